The van der Waals surface area contributed by atoms with E-state index in [-0.39, 0.29) is 5.91 Å². The monoisotopic (exact) mass is 339 g/mol. The lowest BCUT2D eigenvalue weighted by Gasteiger charge is -2.10. The predicted molar refractivity (Wildman–Crippen MR) is 97.2 cm³/mol. The number of hydrogen-bond acceptors (Lipinski definition) is 4. The molecular formula is C20H21NO4. The maximum absolute atomic E-state index is 12.5. The second-order valence-electron chi connectivity index (χ2n) is 5.27. The summed E-state index contributed by atoms with van der Waals surface area (Å²) in [6.07, 6.45) is 2.35. The lowest BCUT2D eigenvalue weighted by molar-refractivity contribution is 0.0526. The Morgan fingerprint density at radius 3 is 2.64 bits per heavy atom. The van der Waals surface area contributed by atoms with Crippen LogP contribution in [-0.2, 0) is 11.2 Å². The Balaban J connectivity index is 2.19. The number of allylic oxidation sites excluding steroid dienone is 1. The number of nitrogens with one attached hydrogen (secondary N) is 1. The van der Waals surface area contributed by atoms with Crippen molar-refractivity contribution >= 4 is 17.6 Å². The van der Waals surface area contributed by atoms with Crippen LogP contribution in [0.5, 0.6) is 5.75 Å². The van der Waals surface area contributed by atoms with Crippen LogP contribution in [0, 0.1) is 0 Å². The molecule has 0 fully saturated rings. The van der Waals surface area contributed by atoms with Crippen molar-refractivity contribution in [3.8, 4) is 5.75 Å². The van der Waals surface area contributed by atoms with E-state index < -0.39 is 5.97 Å². The zero-order valence-electron chi connectivity index (χ0n) is 14.4. The first-order valence-corrected chi connectivity index (χ1v) is 7.95. The van der Waals surface area contributed by atoms with Gasteiger partial charge in [0.15, 0.2) is 0 Å². The molecule has 5 heteroatoms. The number of methoxy groups -OCH3 is 1. The molecule has 2 aromatic carbocycles. The second kappa shape index (κ2) is 8.68. The average molecular weight is 339 g/mol. The van der Waals surface area contributed by atoms with Crippen molar-refractivity contribution < 1.29 is 19.1 Å². The van der Waals surface area contributed by atoms with Gasteiger partial charge in [0.25, 0.3) is 5.91 Å². The highest BCUT2D eigenvalue weighted by Gasteiger charge is 2.12. The maximum Gasteiger partial charge on any atom is 0.338 e. The SMILES string of the molecule is C=CCc1cc(C(=O)Nc2cccc(C(=O)OCC)c2)ccc1OC. The van der Waals surface area contributed by atoms with Crippen LogP contribution in [0.2, 0.25) is 0 Å². The summed E-state index contributed by atoms with van der Waals surface area (Å²) in [5.74, 6) is 0.0195. The van der Waals surface area contributed by atoms with Gasteiger partial charge < -0.3 is 14.8 Å². The third-order valence-corrected chi connectivity index (χ3v) is 3.54. The molecule has 130 valence electrons. The first kappa shape index (κ1) is 18.3. The summed E-state index contributed by atoms with van der Waals surface area (Å²) in [6, 6.07) is 11.9. The summed E-state index contributed by atoms with van der Waals surface area (Å²) in [5.41, 5.74) is 2.29. The molecule has 0 aliphatic rings. The maximum atomic E-state index is 12.5. The molecule has 1 N–H and O–H groups in total. The van der Waals surface area contributed by atoms with Gasteiger partial charge in [0.1, 0.15) is 5.75 Å². The smallest absolute Gasteiger partial charge is 0.338 e. The molecule has 2 aromatic rings. The highest BCUT2D eigenvalue weighted by Crippen LogP contribution is 2.22. The quantitative estimate of drug-likeness (QED) is 0.615. The topological polar surface area (TPSA) is 64.6 Å². The lowest BCUT2D eigenvalue weighted by Crippen LogP contribution is -2.13. The Bertz CT molecular complexity index is 783. The van der Waals surface area contributed by atoms with Crippen LogP contribution in [0.3, 0.4) is 0 Å². The number of esters is 1. The fourth-order valence-electron chi connectivity index (χ4n) is 2.38. The van der Waals surface area contributed by atoms with Gasteiger partial charge in [-0.1, -0.05) is 12.1 Å². The van der Waals surface area contributed by atoms with Gasteiger partial charge in [0.2, 0.25) is 0 Å². The first-order valence-electron chi connectivity index (χ1n) is 7.95. The number of carbonyl (C=O) groups excluding carboxylic acids is 2. The van der Waals surface area contributed by atoms with Gasteiger partial charge in [-0.05, 0) is 55.3 Å². The van der Waals surface area contributed by atoms with E-state index in [0.29, 0.717) is 35.6 Å². The number of anilines is 1. The molecule has 0 bridgehead atoms. The van der Waals surface area contributed by atoms with Crippen molar-refractivity contribution in [3.63, 3.8) is 0 Å². The molecule has 1 amide bonds. The van der Waals surface area contributed by atoms with Crippen LogP contribution in [0.15, 0.2) is 55.1 Å². The van der Waals surface area contributed by atoms with Crippen molar-refractivity contribution in [1.82, 2.24) is 0 Å². The van der Waals surface area contributed by atoms with Crippen LogP contribution < -0.4 is 10.1 Å². The summed E-state index contributed by atoms with van der Waals surface area (Å²) in [7, 11) is 1.59. The minimum Gasteiger partial charge on any atom is -0.496 e. The van der Waals surface area contributed by atoms with E-state index in [1.165, 1.54) is 0 Å². The normalized spacial score (nSPS) is 10.0. The van der Waals surface area contributed by atoms with Gasteiger partial charge in [-0.25, -0.2) is 4.79 Å². The molecule has 0 aliphatic heterocycles. The molecule has 0 radical (unpaired) electrons. The van der Waals surface area contributed by atoms with Crippen LogP contribution in [-0.4, -0.2) is 25.6 Å². The Morgan fingerprint density at radius 1 is 1.16 bits per heavy atom. The van der Waals surface area contributed by atoms with Crippen LogP contribution >= 0.6 is 0 Å². The molecule has 0 saturated carbocycles. The summed E-state index contributed by atoms with van der Waals surface area (Å²) in [6.45, 7) is 5.76. The molecule has 0 heterocycles. The molecule has 0 spiro atoms. The number of benzene rings is 2. The Kier molecular flexibility index (Phi) is 6.34. The first-order chi connectivity index (χ1) is 12.1. The molecule has 0 unspecified atom stereocenters. The molecule has 0 saturated heterocycles. The van der Waals surface area contributed by atoms with Crippen molar-refractivity contribution in [1.29, 1.82) is 0 Å². The largest absolute Gasteiger partial charge is 0.496 e. The van der Waals surface area contributed by atoms with Crippen molar-refractivity contribution in [2.45, 2.75) is 13.3 Å². The van der Waals surface area contributed by atoms with Crippen LogP contribution in [0.25, 0.3) is 0 Å². The molecule has 0 atom stereocenters. The molecule has 2 rings (SSSR count). The molecule has 25 heavy (non-hydrogen) atoms. The van der Waals surface area contributed by atoms with E-state index >= 15 is 0 Å². The van der Waals surface area contributed by atoms with Crippen LogP contribution in [0.4, 0.5) is 5.69 Å². The number of hydrogen-bond donors (Lipinski definition) is 1. The Labute approximate surface area is 147 Å². The standard InChI is InChI=1S/C20H21NO4/c1-4-7-14-12-15(10-11-18(14)24-3)19(22)21-17-9-6-8-16(13-17)20(23)25-5-2/h4,6,8-13H,1,5,7H2,2-3H3,(H,21,22). The van der Waals surface area contributed by atoms with E-state index in [9.17, 15) is 9.59 Å². The van der Waals surface area contributed by atoms with Gasteiger partial charge in [0, 0.05) is 11.3 Å². The summed E-state index contributed by atoms with van der Waals surface area (Å²) >= 11 is 0. The number of amides is 1. The Hall–Kier alpha value is -3.08. The third-order valence-electron chi connectivity index (χ3n) is 3.54. The fourth-order valence-corrected chi connectivity index (χ4v) is 2.38. The van der Waals surface area contributed by atoms with Crippen LogP contribution in [0.1, 0.15) is 33.2 Å². The molecule has 0 aliphatic carbocycles. The minimum absolute atomic E-state index is 0.269. The van der Waals surface area contributed by atoms with Gasteiger partial charge in [-0.15, -0.1) is 6.58 Å². The Morgan fingerprint density at radius 2 is 1.96 bits per heavy atom. The zero-order valence-corrected chi connectivity index (χ0v) is 14.4. The lowest BCUT2D eigenvalue weighted by atomic mass is 10.1. The van der Waals surface area contributed by atoms with E-state index in [2.05, 4.69) is 11.9 Å². The van der Waals surface area contributed by atoms with E-state index in [4.69, 9.17) is 9.47 Å². The van der Waals surface area contributed by atoms with Crippen molar-refractivity contribution in [2.75, 3.05) is 19.0 Å². The van der Waals surface area contributed by atoms with Gasteiger partial charge in [0.05, 0.1) is 19.3 Å². The number of ether oxygens (including phenoxy) is 2. The van der Waals surface area contributed by atoms with E-state index in [1.807, 2.05) is 0 Å². The third kappa shape index (κ3) is 4.70. The van der Waals surface area contributed by atoms with Crippen molar-refractivity contribution in [2.24, 2.45) is 0 Å². The zero-order chi connectivity index (χ0) is 18.2. The van der Waals surface area contributed by atoms with Gasteiger partial charge in [-0.3, -0.25) is 4.79 Å². The highest BCUT2D eigenvalue weighted by molar-refractivity contribution is 6.05. The van der Waals surface area contributed by atoms with Gasteiger partial charge >= 0.3 is 5.97 Å². The second-order valence-corrected chi connectivity index (χ2v) is 5.27. The van der Waals surface area contributed by atoms with Crippen molar-refractivity contribution in [3.05, 3.63) is 71.8 Å². The summed E-state index contributed by atoms with van der Waals surface area (Å²) < 4.78 is 10.3. The summed E-state index contributed by atoms with van der Waals surface area (Å²) in [4.78, 5) is 24.3. The minimum atomic E-state index is -0.420. The summed E-state index contributed by atoms with van der Waals surface area (Å²) in [5, 5.41) is 2.79. The van der Waals surface area contributed by atoms with E-state index in [0.717, 1.165) is 5.56 Å². The average Bonchev–Trinajstić information content (AvgIpc) is 2.62. The highest BCUT2D eigenvalue weighted by atomic mass is 16.5. The molecule has 0 aromatic heterocycles. The van der Waals surface area contributed by atoms with Gasteiger partial charge in [-0.2, -0.15) is 0 Å². The molecular weight excluding hydrogens is 318 g/mol. The number of rotatable bonds is 7. The fraction of sp³-hybridized carbons (Fsp3) is 0.200. The predicted octanol–water partition coefficient (Wildman–Crippen LogP) is 3.85. The number of carbonyl (C=O) groups is 2. The molecule has 5 nitrogen and oxygen atoms in total. The van der Waals surface area contributed by atoms with E-state index in [1.54, 1.807) is 62.6 Å².